The van der Waals surface area contributed by atoms with Gasteiger partial charge in [0.2, 0.25) is 11.8 Å². The Balaban J connectivity index is 0.00000176. The van der Waals surface area contributed by atoms with E-state index in [4.69, 9.17) is 17.3 Å². The Kier molecular flexibility index (Phi) is 8.04. The number of pyridine rings is 1. The molecular weight excluding hydrogens is 447 g/mol. The van der Waals surface area contributed by atoms with Crippen LogP contribution in [0.3, 0.4) is 0 Å². The molecule has 2 aromatic carbocycles. The van der Waals surface area contributed by atoms with Gasteiger partial charge in [0.1, 0.15) is 6.54 Å². The number of fused-ring (bicyclic) bond motifs is 1. The normalized spacial score (nSPS) is 10.9. The molecular formula is C22H21ClF3N3O3. The van der Waals surface area contributed by atoms with Crippen molar-refractivity contribution in [3.63, 3.8) is 0 Å². The minimum Gasteiger partial charge on any atom is -0.368 e. The minimum absolute atomic E-state index is 0.133. The number of aromatic nitrogens is 1. The van der Waals surface area contributed by atoms with Gasteiger partial charge in [-0.2, -0.15) is 13.2 Å². The topological polar surface area (TPSA) is 94.2 Å². The molecule has 0 aliphatic rings. The lowest BCUT2D eigenvalue weighted by atomic mass is 10.1. The average molecular weight is 468 g/mol. The Labute approximate surface area is 186 Å². The summed E-state index contributed by atoms with van der Waals surface area (Å²) in [6.45, 7) is 3.71. The maximum Gasteiger partial charge on any atom is 0.417 e. The van der Waals surface area contributed by atoms with E-state index in [2.05, 4.69) is 5.32 Å². The van der Waals surface area contributed by atoms with E-state index in [1.54, 1.807) is 12.1 Å². The van der Waals surface area contributed by atoms with Gasteiger partial charge in [0.15, 0.2) is 0 Å². The third kappa shape index (κ3) is 5.88. The molecule has 3 rings (SSSR count). The van der Waals surface area contributed by atoms with Gasteiger partial charge in [-0.05, 0) is 35.9 Å². The van der Waals surface area contributed by atoms with Gasteiger partial charge in [-0.15, -0.1) is 0 Å². The van der Waals surface area contributed by atoms with Gasteiger partial charge in [0, 0.05) is 22.7 Å². The molecule has 0 saturated carbocycles. The number of hydrogen-bond acceptors (Lipinski definition) is 3. The fourth-order valence-electron chi connectivity index (χ4n) is 3.00. The van der Waals surface area contributed by atoms with E-state index in [9.17, 15) is 27.6 Å². The summed E-state index contributed by atoms with van der Waals surface area (Å²) in [4.78, 5) is 36.0. The minimum atomic E-state index is -4.63. The molecule has 0 fully saturated rings. The Morgan fingerprint density at radius 3 is 2.41 bits per heavy atom. The van der Waals surface area contributed by atoms with Crippen molar-refractivity contribution in [2.45, 2.75) is 33.0 Å². The van der Waals surface area contributed by atoms with E-state index in [0.717, 1.165) is 16.7 Å². The highest BCUT2D eigenvalue weighted by atomic mass is 35.5. The number of rotatable bonds is 5. The molecule has 3 aromatic rings. The maximum atomic E-state index is 13.0. The van der Waals surface area contributed by atoms with Gasteiger partial charge in [-0.25, -0.2) is 0 Å². The van der Waals surface area contributed by atoms with E-state index in [-0.39, 0.29) is 23.9 Å². The van der Waals surface area contributed by atoms with Gasteiger partial charge in [0.25, 0.3) is 5.56 Å². The van der Waals surface area contributed by atoms with E-state index in [0.29, 0.717) is 11.1 Å². The number of nitrogens with one attached hydrogen (secondary N) is 1. The van der Waals surface area contributed by atoms with Crippen LogP contribution in [0.2, 0.25) is 5.02 Å². The standard InChI is InChI=1S/C20H15ClF3N3O3.C2H6/c21-15-5-4-11(8-14(15)20(22,23)24)9-18(29)26-16-3-1-2-13-12(16)6-7-27(19(13)30)10-17(25)28;1-2/h1-8H,9-10H2,(H2,25,28)(H,26,29);1-2H3. The summed E-state index contributed by atoms with van der Waals surface area (Å²) in [6, 6.07) is 9.42. The van der Waals surface area contributed by atoms with Crippen molar-refractivity contribution in [3.8, 4) is 0 Å². The lowest BCUT2D eigenvalue weighted by Crippen LogP contribution is -2.27. The first kappa shape index (κ1) is 24.9. The molecule has 0 aliphatic heterocycles. The molecule has 2 amide bonds. The third-order valence-corrected chi connectivity index (χ3v) is 4.65. The third-order valence-electron chi connectivity index (χ3n) is 4.32. The monoisotopic (exact) mass is 467 g/mol. The van der Waals surface area contributed by atoms with Gasteiger partial charge < -0.3 is 15.6 Å². The molecule has 0 spiro atoms. The molecule has 0 bridgehead atoms. The van der Waals surface area contributed by atoms with Crippen molar-refractivity contribution < 1.29 is 22.8 Å². The van der Waals surface area contributed by atoms with Gasteiger partial charge in [0.05, 0.1) is 17.0 Å². The first-order chi connectivity index (χ1) is 15.1. The summed E-state index contributed by atoms with van der Waals surface area (Å²) in [5, 5.41) is 2.82. The Morgan fingerprint density at radius 1 is 1.09 bits per heavy atom. The summed E-state index contributed by atoms with van der Waals surface area (Å²) in [6.07, 6.45) is -3.58. The number of nitrogens with zero attached hydrogens (tertiary/aromatic N) is 1. The second kappa shape index (κ2) is 10.3. The second-order valence-electron chi connectivity index (χ2n) is 6.52. The van der Waals surface area contributed by atoms with E-state index in [1.165, 1.54) is 24.4 Å². The smallest absolute Gasteiger partial charge is 0.368 e. The van der Waals surface area contributed by atoms with E-state index >= 15 is 0 Å². The largest absolute Gasteiger partial charge is 0.417 e. The van der Waals surface area contributed by atoms with E-state index in [1.807, 2.05) is 13.8 Å². The van der Waals surface area contributed by atoms with Crippen molar-refractivity contribution in [2.24, 2.45) is 5.73 Å². The van der Waals surface area contributed by atoms with Gasteiger partial charge in [-0.1, -0.05) is 37.6 Å². The number of amides is 2. The summed E-state index contributed by atoms with van der Waals surface area (Å²) in [5.74, 6) is -1.25. The van der Waals surface area contributed by atoms with Crippen molar-refractivity contribution in [2.75, 3.05) is 5.32 Å². The van der Waals surface area contributed by atoms with Crippen LogP contribution in [0, 0.1) is 0 Å². The number of alkyl halides is 3. The van der Waals surface area contributed by atoms with Crippen molar-refractivity contribution in [1.29, 1.82) is 0 Å². The second-order valence-corrected chi connectivity index (χ2v) is 6.93. The molecule has 3 N–H and O–H groups in total. The van der Waals surface area contributed by atoms with Crippen LogP contribution in [0.15, 0.2) is 53.5 Å². The molecule has 6 nitrogen and oxygen atoms in total. The quantitative estimate of drug-likeness (QED) is 0.583. The van der Waals surface area contributed by atoms with E-state index < -0.39 is 34.1 Å². The molecule has 170 valence electrons. The van der Waals surface area contributed by atoms with Crippen LogP contribution < -0.4 is 16.6 Å². The molecule has 1 aromatic heterocycles. The summed E-state index contributed by atoms with van der Waals surface area (Å²) < 4.78 is 40.1. The molecule has 0 aliphatic carbocycles. The predicted octanol–water partition coefficient (Wildman–Crippen LogP) is 4.37. The van der Waals surface area contributed by atoms with Gasteiger partial charge >= 0.3 is 6.18 Å². The molecule has 32 heavy (non-hydrogen) atoms. The van der Waals surface area contributed by atoms with Crippen LogP contribution >= 0.6 is 11.6 Å². The Bertz CT molecular complexity index is 1210. The molecule has 1 heterocycles. The number of carbonyl (C=O) groups excluding carboxylic acids is 2. The van der Waals surface area contributed by atoms with Crippen LogP contribution in [0.4, 0.5) is 18.9 Å². The highest BCUT2D eigenvalue weighted by Crippen LogP contribution is 2.35. The first-order valence-electron chi connectivity index (χ1n) is 9.62. The number of hydrogen-bond donors (Lipinski definition) is 2. The van der Waals surface area contributed by atoms with Crippen LogP contribution in [-0.4, -0.2) is 16.4 Å². The number of benzene rings is 2. The highest BCUT2D eigenvalue weighted by molar-refractivity contribution is 6.31. The Hall–Kier alpha value is -3.33. The molecule has 0 atom stereocenters. The number of nitrogens with two attached hydrogens (primary N) is 1. The summed E-state index contributed by atoms with van der Waals surface area (Å²) in [5.41, 5.74) is 4.08. The van der Waals surface area contributed by atoms with Crippen LogP contribution in [0.25, 0.3) is 10.8 Å². The maximum absolute atomic E-state index is 13.0. The van der Waals surface area contributed by atoms with Crippen LogP contribution in [0.5, 0.6) is 0 Å². The first-order valence-corrected chi connectivity index (χ1v) is 10.00. The molecule has 10 heteroatoms. The fourth-order valence-corrected chi connectivity index (χ4v) is 3.22. The molecule has 0 unspecified atom stereocenters. The lowest BCUT2D eigenvalue weighted by molar-refractivity contribution is -0.137. The summed E-state index contributed by atoms with van der Waals surface area (Å²) in [7, 11) is 0. The summed E-state index contributed by atoms with van der Waals surface area (Å²) >= 11 is 5.59. The number of anilines is 1. The zero-order valence-corrected chi connectivity index (χ0v) is 18.1. The molecule has 0 radical (unpaired) electrons. The fraction of sp³-hybridized carbons (Fsp3) is 0.227. The molecule has 0 saturated heterocycles. The SMILES string of the molecule is CC.NC(=O)Cn1ccc2c(NC(=O)Cc3ccc(Cl)c(C(F)(F)F)c3)cccc2c1=O. The van der Waals surface area contributed by atoms with Crippen molar-refractivity contribution in [1.82, 2.24) is 4.57 Å². The number of halogens is 4. The average Bonchev–Trinajstić information content (AvgIpc) is 2.72. The van der Waals surface area contributed by atoms with Crippen LogP contribution in [0.1, 0.15) is 25.0 Å². The van der Waals surface area contributed by atoms with Gasteiger partial charge in [-0.3, -0.25) is 14.4 Å². The zero-order chi connectivity index (χ0) is 24.1. The highest BCUT2D eigenvalue weighted by Gasteiger charge is 2.33. The zero-order valence-electron chi connectivity index (χ0n) is 17.3. The Morgan fingerprint density at radius 2 is 1.78 bits per heavy atom. The van der Waals surface area contributed by atoms with Crippen LogP contribution in [-0.2, 0) is 28.7 Å². The van der Waals surface area contributed by atoms with Crippen molar-refractivity contribution in [3.05, 3.63) is 75.2 Å². The van der Waals surface area contributed by atoms with Crippen molar-refractivity contribution >= 4 is 39.9 Å². The lowest BCUT2D eigenvalue weighted by Gasteiger charge is -2.12. The predicted molar refractivity (Wildman–Crippen MR) is 118 cm³/mol. The number of primary amides is 1. The number of carbonyl (C=O) groups is 2.